The van der Waals surface area contributed by atoms with Gasteiger partial charge in [-0.3, -0.25) is 0 Å². The molecule has 0 bridgehead atoms. The summed E-state index contributed by atoms with van der Waals surface area (Å²) in [7, 11) is 0. The third-order valence-corrected chi connectivity index (χ3v) is 5.33. The van der Waals surface area contributed by atoms with Crippen LogP contribution in [0.25, 0.3) is 22.0 Å². The summed E-state index contributed by atoms with van der Waals surface area (Å²) < 4.78 is 5.58. The van der Waals surface area contributed by atoms with E-state index in [1.54, 1.807) is 0 Å². The minimum absolute atomic E-state index is 0.00629. The largest absolute Gasteiger partial charge is 0.491 e. The Labute approximate surface area is 166 Å². The van der Waals surface area contributed by atoms with Crippen LogP contribution in [-0.2, 0) is 0 Å². The average molecular weight is 377 g/mol. The number of piperazine rings is 1. The van der Waals surface area contributed by atoms with Crippen molar-refractivity contribution in [2.45, 2.75) is 6.92 Å². The van der Waals surface area contributed by atoms with Gasteiger partial charge in [0.2, 0.25) is 0 Å². The SMILES string of the molecule is CCN1CCN(c2nc(-c3cccc(OCCO)c3)cc3ccccc23)CC1. The Bertz CT molecular complexity index is 936. The van der Waals surface area contributed by atoms with E-state index in [4.69, 9.17) is 14.8 Å². The fraction of sp³-hybridized carbons (Fsp3) is 0.348. The molecule has 146 valence electrons. The van der Waals surface area contributed by atoms with Gasteiger partial charge in [0.15, 0.2) is 0 Å². The molecule has 0 spiro atoms. The number of aliphatic hydroxyl groups is 1. The molecule has 0 unspecified atom stereocenters. The van der Waals surface area contributed by atoms with Crippen LogP contribution in [0.3, 0.4) is 0 Å². The summed E-state index contributed by atoms with van der Waals surface area (Å²) in [5.41, 5.74) is 1.97. The predicted octanol–water partition coefficient (Wildman–Crippen LogP) is 3.41. The van der Waals surface area contributed by atoms with Crippen LogP contribution >= 0.6 is 0 Å². The molecular formula is C23H27N3O2. The molecule has 4 rings (SSSR count). The summed E-state index contributed by atoms with van der Waals surface area (Å²) in [6.45, 7) is 7.75. The van der Waals surface area contributed by atoms with Crippen molar-refractivity contribution < 1.29 is 9.84 Å². The number of anilines is 1. The van der Waals surface area contributed by atoms with Gasteiger partial charge in [0, 0.05) is 37.1 Å². The number of fused-ring (bicyclic) bond motifs is 1. The van der Waals surface area contributed by atoms with Gasteiger partial charge in [-0.25, -0.2) is 4.98 Å². The van der Waals surface area contributed by atoms with Crippen LogP contribution in [-0.4, -0.2) is 60.9 Å². The summed E-state index contributed by atoms with van der Waals surface area (Å²) in [6.07, 6.45) is 0. The van der Waals surface area contributed by atoms with E-state index in [9.17, 15) is 0 Å². The quantitative estimate of drug-likeness (QED) is 0.713. The lowest BCUT2D eigenvalue weighted by Gasteiger charge is -2.35. The highest BCUT2D eigenvalue weighted by atomic mass is 16.5. The monoisotopic (exact) mass is 377 g/mol. The molecule has 1 N–H and O–H groups in total. The molecule has 0 amide bonds. The van der Waals surface area contributed by atoms with Crippen molar-refractivity contribution in [3.05, 3.63) is 54.6 Å². The number of hydrogen-bond acceptors (Lipinski definition) is 5. The summed E-state index contributed by atoms with van der Waals surface area (Å²) in [6, 6.07) is 18.5. The topological polar surface area (TPSA) is 48.8 Å². The minimum atomic E-state index is 0.00629. The lowest BCUT2D eigenvalue weighted by Crippen LogP contribution is -2.46. The highest BCUT2D eigenvalue weighted by Gasteiger charge is 2.19. The molecule has 2 heterocycles. The smallest absolute Gasteiger partial charge is 0.137 e. The molecule has 0 saturated carbocycles. The molecule has 1 saturated heterocycles. The normalized spacial score (nSPS) is 15.1. The fourth-order valence-corrected chi connectivity index (χ4v) is 3.75. The molecule has 1 aliphatic heterocycles. The van der Waals surface area contributed by atoms with Gasteiger partial charge in [-0.1, -0.05) is 43.3 Å². The van der Waals surface area contributed by atoms with E-state index in [0.29, 0.717) is 6.61 Å². The third-order valence-electron chi connectivity index (χ3n) is 5.33. The van der Waals surface area contributed by atoms with Crippen LogP contribution < -0.4 is 9.64 Å². The summed E-state index contributed by atoms with van der Waals surface area (Å²) in [4.78, 5) is 9.95. The van der Waals surface area contributed by atoms with Crippen molar-refractivity contribution >= 4 is 16.6 Å². The number of nitrogens with zero attached hydrogens (tertiary/aromatic N) is 3. The van der Waals surface area contributed by atoms with E-state index in [2.05, 4.69) is 53.1 Å². The molecule has 2 aromatic carbocycles. The Morgan fingerprint density at radius 2 is 1.82 bits per heavy atom. The van der Waals surface area contributed by atoms with Crippen molar-refractivity contribution in [1.29, 1.82) is 0 Å². The van der Waals surface area contributed by atoms with Crippen LogP contribution in [0.1, 0.15) is 6.92 Å². The highest BCUT2D eigenvalue weighted by Crippen LogP contribution is 2.31. The Kier molecular flexibility index (Phi) is 5.74. The maximum Gasteiger partial charge on any atom is 0.137 e. The number of pyridine rings is 1. The molecular weight excluding hydrogens is 350 g/mol. The van der Waals surface area contributed by atoms with E-state index in [0.717, 1.165) is 55.5 Å². The van der Waals surface area contributed by atoms with E-state index in [1.807, 2.05) is 18.2 Å². The molecule has 0 atom stereocenters. The van der Waals surface area contributed by atoms with E-state index >= 15 is 0 Å². The lowest BCUT2D eigenvalue weighted by molar-refractivity contribution is 0.201. The summed E-state index contributed by atoms with van der Waals surface area (Å²) in [5.74, 6) is 1.81. The zero-order valence-corrected chi connectivity index (χ0v) is 16.3. The molecule has 3 aromatic rings. The van der Waals surface area contributed by atoms with Crippen molar-refractivity contribution in [2.24, 2.45) is 0 Å². The first-order valence-electron chi connectivity index (χ1n) is 9.99. The molecule has 1 aliphatic rings. The summed E-state index contributed by atoms with van der Waals surface area (Å²) in [5, 5.41) is 11.4. The Morgan fingerprint density at radius 1 is 1.00 bits per heavy atom. The first kappa shape index (κ1) is 18.7. The van der Waals surface area contributed by atoms with E-state index < -0.39 is 0 Å². The number of likely N-dealkylation sites (N-methyl/N-ethyl adjacent to an activating group) is 1. The van der Waals surface area contributed by atoms with Crippen LogP contribution in [0.15, 0.2) is 54.6 Å². The predicted molar refractivity (Wildman–Crippen MR) is 114 cm³/mol. The van der Waals surface area contributed by atoms with Crippen molar-refractivity contribution in [3.8, 4) is 17.0 Å². The van der Waals surface area contributed by atoms with Gasteiger partial charge in [0.05, 0.1) is 12.3 Å². The number of rotatable bonds is 6. The van der Waals surface area contributed by atoms with Crippen molar-refractivity contribution in [1.82, 2.24) is 9.88 Å². The molecule has 1 fully saturated rings. The van der Waals surface area contributed by atoms with Crippen LogP contribution in [0.4, 0.5) is 5.82 Å². The molecule has 28 heavy (non-hydrogen) atoms. The van der Waals surface area contributed by atoms with Crippen molar-refractivity contribution in [2.75, 3.05) is 50.8 Å². The highest BCUT2D eigenvalue weighted by molar-refractivity contribution is 5.95. The second-order valence-electron chi connectivity index (χ2n) is 7.07. The van der Waals surface area contributed by atoms with E-state index in [-0.39, 0.29) is 6.61 Å². The van der Waals surface area contributed by atoms with Gasteiger partial charge >= 0.3 is 0 Å². The van der Waals surface area contributed by atoms with Gasteiger partial charge in [-0.15, -0.1) is 0 Å². The maximum absolute atomic E-state index is 9.00. The number of aliphatic hydroxyl groups excluding tert-OH is 1. The number of aromatic nitrogens is 1. The lowest BCUT2D eigenvalue weighted by atomic mass is 10.1. The van der Waals surface area contributed by atoms with Gasteiger partial charge in [-0.2, -0.15) is 0 Å². The zero-order valence-electron chi connectivity index (χ0n) is 16.3. The van der Waals surface area contributed by atoms with Crippen LogP contribution in [0.5, 0.6) is 5.75 Å². The molecule has 5 heteroatoms. The first-order chi connectivity index (χ1) is 13.8. The van der Waals surface area contributed by atoms with Gasteiger partial charge in [-0.05, 0) is 30.1 Å². The van der Waals surface area contributed by atoms with Gasteiger partial charge in [0.25, 0.3) is 0 Å². The number of hydrogen-bond donors (Lipinski definition) is 1. The molecule has 5 nitrogen and oxygen atoms in total. The van der Waals surface area contributed by atoms with Crippen LogP contribution in [0.2, 0.25) is 0 Å². The Hall–Kier alpha value is -2.63. The fourth-order valence-electron chi connectivity index (χ4n) is 3.75. The molecule has 0 radical (unpaired) electrons. The molecule has 0 aliphatic carbocycles. The maximum atomic E-state index is 9.00. The molecule has 1 aromatic heterocycles. The van der Waals surface area contributed by atoms with Gasteiger partial charge < -0.3 is 19.6 Å². The number of benzene rings is 2. The Morgan fingerprint density at radius 3 is 2.61 bits per heavy atom. The zero-order chi connectivity index (χ0) is 19.3. The third kappa shape index (κ3) is 3.96. The number of ether oxygens (including phenoxy) is 1. The first-order valence-corrected chi connectivity index (χ1v) is 9.99. The van der Waals surface area contributed by atoms with Gasteiger partial charge in [0.1, 0.15) is 18.2 Å². The second kappa shape index (κ2) is 8.59. The summed E-state index contributed by atoms with van der Waals surface area (Å²) >= 11 is 0. The van der Waals surface area contributed by atoms with Crippen molar-refractivity contribution in [3.63, 3.8) is 0 Å². The van der Waals surface area contributed by atoms with Crippen LogP contribution in [0, 0.1) is 0 Å². The standard InChI is InChI=1S/C23H27N3O2/c1-2-25-10-12-26(13-11-25)23-21-9-4-3-6-18(21)17-22(24-23)19-7-5-8-20(16-19)28-15-14-27/h3-9,16-17,27H,2,10-15H2,1H3. The minimum Gasteiger partial charge on any atom is -0.491 e. The Balaban J connectivity index is 1.72. The average Bonchev–Trinajstić information content (AvgIpc) is 2.77. The second-order valence-corrected chi connectivity index (χ2v) is 7.07. The van der Waals surface area contributed by atoms with E-state index in [1.165, 1.54) is 10.8 Å².